The quantitative estimate of drug-likeness (QED) is 0.609. The predicted molar refractivity (Wildman–Crippen MR) is 46.3 cm³/mol. The molecule has 0 aliphatic rings. The van der Waals surface area contributed by atoms with Gasteiger partial charge in [-0.2, -0.15) is 8.78 Å². The van der Waals surface area contributed by atoms with Crippen LogP contribution < -0.4 is 4.74 Å². The molecule has 1 aromatic rings. The summed E-state index contributed by atoms with van der Waals surface area (Å²) < 4.78 is 28.6. The van der Waals surface area contributed by atoms with Gasteiger partial charge in [0.25, 0.3) is 0 Å². The fourth-order valence-electron chi connectivity index (χ4n) is 0.748. The van der Waals surface area contributed by atoms with Gasteiger partial charge in [-0.05, 0) is 24.3 Å². The highest BCUT2D eigenvalue weighted by molar-refractivity contribution is 9.09. The Morgan fingerprint density at radius 3 is 2.23 bits per heavy atom. The number of hydrogen-bond donors (Lipinski definition) is 0. The second kappa shape index (κ2) is 3.83. The molecule has 0 saturated heterocycles. The molecular weight excluding hydrogens is 246 g/mol. The minimum atomic E-state index is -3.38. The van der Waals surface area contributed by atoms with Crippen molar-refractivity contribution in [3.63, 3.8) is 0 Å². The van der Waals surface area contributed by atoms with Crippen LogP contribution in [0.2, 0.25) is 0 Å². The summed E-state index contributed by atoms with van der Waals surface area (Å²) in [6.45, 7) is 0. The van der Waals surface area contributed by atoms with Crippen LogP contribution in [0.1, 0.15) is 10.4 Å². The molecule has 0 saturated carbocycles. The number of alkyl halides is 3. The number of hydrogen-bond acceptors (Lipinski definition) is 2. The van der Waals surface area contributed by atoms with Gasteiger partial charge in [0.2, 0.25) is 0 Å². The van der Waals surface area contributed by atoms with Gasteiger partial charge in [0.1, 0.15) is 12.0 Å². The Balaban J connectivity index is 2.75. The number of carbonyl (C=O) groups excluding carboxylic acids is 1. The fourth-order valence-corrected chi connectivity index (χ4v) is 0.935. The van der Waals surface area contributed by atoms with Crippen molar-refractivity contribution in [3.8, 4) is 5.75 Å². The molecule has 0 atom stereocenters. The van der Waals surface area contributed by atoms with Gasteiger partial charge in [-0.1, -0.05) is 0 Å². The zero-order valence-electron chi connectivity index (χ0n) is 6.34. The molecule has 0 N–H and O–H groups in total. The van der Waals surface area contributed by atoms with E-state index in [1.807, 2.05) is 15.9 Å². The van der Waals surface area contributed by atoms with Gasteiger partial charge in [0, 0.05) is 21.5 Å². The molecule has 0 bridgehead atoms. The SMILES string of the molecule is O=Cc1ccc(OC(F)(F)Br)cc1. The lowest BCUT2D eigenvalue weighted by atomic mass is 10.2. The molecule has 0 aliphatic carbocycles. The second-order valence-corrected chi connectivity index (χ2v) is 3.16. The molecule has 5 heteroatoms. The van der Waals surface area contributed by atoms with E-state index in [0.717, 1.165) is 0 Å². The average Bonchev–Trinajstić information content (AvgIpc) is 2.03. The van der Waals surface area contributed by atoms with E-state index in [2.05, 4.69) is 4.74 Å². The first-order valence-electron chi connectivity index (χ1n) is 3.32. The summed E-state index contributed by atoms with van der Waals surface area (Å²) in [7, 11) is 0. The highest BCUT2D eigenvalue weighted by Crippen LogP contribution is 2.26. The maximum atomic E-state index is 12.2. The summed E-state index contributed by atoms with van der Waals surface area (Å²) in [4.78, 5) is 10.2. The third-order valence-electron chi connectivity index (χ3n) is 1.25. The molecular formula is C8H5BrF2O2. The first-order valence-corrected chi connectivity index (χ1v) is 4.11. The molecule has 0 aliphatic heterocycles. The molecule has 0 spiro atoms. The molecule has 1 rings (SSSR count). The van der Waals surface area contributed by atoms with Crippen LogP contribution in [0.15, 0.2) is 24.3 Å². The normalized spacial score (nSPS) is 11.0. The van der Waals surface area contributed by atoms with E-state index < -0.39 is 5.02 Å². The molecule has 1 aromatic carbocycles. The van der Waals surface area contributed by atoms with Crippen LogP contribution >= 0.6 is 15.9 Å². The maximum Gasteiger partial charge on any atom is 0.459 e. The van der Waals surface area contributed by atoms with Crippen molar-refractivity contribution in [2.45, 2.75) is 5.02 Å². The van der Waals surface area contributed by atoms with Crippen molar-refractivity contribution in [3.05, 3.63) is 29.8 Å². The highest BCUT2D eigenvalue weighted by atomic mass is 79.9. The molecule has 13 heavy (non-hydrogen) atoms. The van der Waals surface area contributed by atoms with Crippen molar-refractivity contribution >= 4 is 22.2 Å². The van der Waals surface area contributed by atoms with Gasteiger partial charge in [-0.25, -0.2) is 0 Å². The van der Waals surface area contributed by atoms with Crippen molar-refractivity contribution in [1.29, 1.82) is 0 Å². The van der Waals surface area contributed by atoms with Crippen LogP contribution in [0, 0.1) is 0 Å². The number of aldehydes is 1. The number of rotatable bonds is 3. The highest BCUT2D eigenvalue weighted by Gasteiger charge is 2.26. The van der Waals surface area contributed by atoms with Crippen LogP contribution in [0.4, 0.5) is 8.78 Å². The molecule has 2 nitrogen and oxygen atoms in total. The van der Waals surface area contributed by atoms with Crippen molar-refractivity contribution in [1.82, 2.24) is 0 Å². The Morgan fingerprint density at radius 1 is 1.31 bits per heavy atom. The summed E-state index contributed by atoms with van der Waals surface area (Å²) in [5.41, 5.74) is 0.408. The minimum absolute atomic E-state index is 0.00697. The molecule has 0 amide bonds. The minimum Gasteiger partial charge on any atom is -0.424 e. The zero-order valence-corrected chi connectivity index (χ0v) is 7.92. The summed E-state index contributed by atoms with van der Waals surface area (Å²) in [6.07, 6.45) is 0.621. The summed E-state index contributed by atoms with van der Waals surface area (Å²) >= 11 is 2.03. The first kappa shape index (κ1) is 10.1. The van der Waals surface area contributed by atoms with E-state index in [9.17, 15) is 13.6 Å². The summed E-state index contributed by atoms with van der Waals surface area (Å²) in [5, 5.41) is -3.38. The Labute approximate surface area is 81.6 Å². The maximum absolute atomic E-state index is 12.2. The molecule has 0 fully saturated rings. The third kappa shape index (κ3) is 3.50. The smallest absolute Gasteiger partial charge is 0.424 e. The fraction of sp³-hybridized carbons (Fsp3) is 0.125. The monoisotopic (exact) mass is 250 g/mol. The lowest BCUT2D eigenvalue weighted by Gasteiger charge is -2.10. The molecule has 0 aromatic heterocycles. The van der Waals surface area contributed by atoms with Crippen LogP contribution in [-0.4, -0.2) is 11.3 Å². The molecule has 0 radical (unpaired) electrons. The van der Waals surface area contributed by atoms with Crippen LogP contribution in [0.3, 0.4) is 0 Å². The van der Waals surface area contributed by atoms with Gasteiger partial charge in [0.15, 0.2) is 0 Å². The van der Waals surface area contributed by atoms with E-state index in [1.54, 1.807) is 0 Å². The Morgan fingerprint density at radius 2 is 1.85 bits per heavy atom. The van der Waals surface area contributed by atoms with E-state index >= 15 is 0 Å². The van der Waals surface area contributed by atoms with Gasteiger partial charge in [0.05, 0.1) is 0 Å². The van der Waals surface area contributed by atoms with Crippen molar-refractivity contribution in [2.24, 2.45) is 0 Å². The van der Waals surface area contributed by atoms with Crippen LogP contribution in [-0.2, 0) is 0 Å². The Hall–Kier alpha value is -0.970. The second-order valence-electron chi connectivity index (χ2n) is 2.23. The Kier molecular flexibility index (Phi) is 2.98. The third-order valence-corrected chi connectivity index (χ3v) is 1.41. The zero-order chi connectivity index (χ0) is 9.90. The standard InChI is InChI=1S/C8H5BrF2O2/c9-8(10,11)13-7-3-1-6(5-12)2-4-7/h1-5H. The van der Waals surface area contributed by atoms with Crippen molar-refractivity contribution < 1.29 is 18.3 Å². The molecule has 0 unspecified atom stereocenters. The lowest BCUT2D eigenvalue weighted by Crippen LogP contribution is -2.14. The summed E-state index contributed by atoms with van der Waals surface area (Å²) in [5.74, 6) is -0.00697. The predicted octanol–water partition coefficient (Wildman–Crippen LogP) is 2.82. The topological polar surface area (TPSA) is 26.3 Å². The van der Waals surface area contributed by atoms with Gasteiger partial charge in [-0.15, -0.1) is 0 Å². The lowest BCUT2D eigenvalue weighted by molar-refractivity contribution is -0.0802. The van der Waals surface area contributed by atoms with Gasteiger partial charge in [-0.3, -0.25) is 4.79 Å². The number of halogens is 3. The van der Waals surface area contributed by atoms with Crippen LogP contribution in [0.25, 0.3) is 0 Å². The Bertz CT molecular complexity index is 292. The van der Waals surface area contributed by atoms with Crippen molar-refractivity contribution in [2.75, 3.05) is 0 Å². The van der Waals surface area contributed by atoms with Gasteiger partial charge >= 0.3 is 5.02 Å². The number of ether oxygens (including phenoxy) is 1. The van der Waals surface area contributed by atoms with E-state index in [-0.39, 0.29) is 5.75 Å². The number of carbonyl (C=O) groups is 1. The van der Waals surface area contributed by atoms with Crippen LogP contribution in [0.5, 0.6) is 5.75 Å². The van der Waals surface area contributed by atoms with E-state index in [0.29, 0.717) is 11.8 Å². The largest absolute Gasteiger partial charge is 0.459 e. The molecule has 70 valence electrons. The van der Waals surface area contributed by atoms with Gasteiger partial charge < -0.3 is 4.74 Å². The van der Waals surface area contributed by atoms with E-state index in [1.165, 1.54) is 24.3 Å². The summed E-state index contributed by atoms with van der Waals surface area (Å²) in [6, 6.07) is 5.36. The molecule has 0 heterocycles. The average molecular weight is 251 g/mol. The number of benzene rings is 1. The van der Waals surface area contributed by atoms with E-state index in [4.69, 9.17) is 0 Å². The first-order chi connectivity index (χ1) is 6.01.